The van der Waals surface area contributed by atoms with Gasteiger partial charge in [0.25, 0.3) is 0 Å². The van der Waals surface area contributed by atoms with Gasteiger partial charge in [-0.1, -0.05) is 30.7 Å². The van der Waals surface area contributed by atoms with Crippen molar-refractivity contribution in [3.63, 3.8) is 0 Å². The van der Waals surface area contributed by atoms with Gasteiger partial charge < -0.3 is 10.2 Å². The maximum Gasteiger partial charge on any atom is 0.196 e. The van der Waals surface area contributed by atoms with Gasteiger partial charge in [0.2, 0.25) is 0 Å². The van der Waals surface area contributed by atoms with Crippen molar-refractivity contribution in [1.82, 2.24) is 4.98 Å². The van der Waals surface area contributed by atoms with Crippen molar-refractivity contribution >= 4 is 28.4 Å². The molecule has 21 heavy (non-hydrogen) atoms. The summed E-state index contributed by atoms with van der Waals surface area (Å²) in [5.74, 6) is 0.286. The van der Waals surface area contributed by atoms with Gasteiger partial charge in [0, 0.05) is 18.2 Å². The molecule has 0 aliphatic heterocycles. The summed E-state index contributed by atoms with van der Waals surface area (Å²) >= 11 is 5.74. The summed E-state index contributed by atoms with van der Waals surface area (Å²) in [5, 5.41) is 0.0499. The summed E-state index contributed by atoms with van der Waals surface area (Å²) in [5.41, 5.74) is 8.55. The van der Waals surface area contributed by atoms with Gasteiger partial charge >= 0.3 is 0 Å². The molecule has 3 aromatic rings. The summed E-state index contributed by atoms with van der Waals surface area (Å²) in [4.78, 5) is 4.36. The number of aromatic nitrogens is 1. The number of benzene rings is 2. The van der Waals surface area contributed by atoms with E-state index in [0.717, 1.165) is 11.3 Å². The Labute approximate surface area is 126 Å². The number of oxazole rings is 1. The fraction of sp³-hybridized carbons (Fsp3) is 0.188. The van der Waals surface area contributed by atoms with Crippen LogP contribution in [0.5, 0.6) is 0 Å². The van der Waals surface area contributed by atoms with Gasteiger partial charge in [-0.05, 0) is 29.7 Å². The SMILES string of the molecule is CC(Cc1nc2cc(Cl)c(F)cc2o1)c1ccc(N)cc1. The predicted molar refractivity (Wildman–Crippen MR) is 82.0 cm³/mol. The molecule has 5 heteroatoms. The van der Waals surface area contributed by atoms with E-state index in [-0.39, 0.29) is 10.9 Å². The number of halogens is 2. The largest absolute Gasteiger partial charge is 0.441 e. The molecule has 2 aromatic carbocycles. The lowest BCUT2D eigenvalue weighted by molar-refractivity contribution is 0.506. The van der Waals surface area contributed by atoms with Crippen LogP contribution in [0.1, 0.15) is 24.3 Å². The number of anilines is 1. The molecule has 0 saturated carbocycles. The van der Waals surface area contributed by atoms with E-state index in [0.29, 0.717) is 23.4 Å². The number of fused-ring (bicyclic) bond motifs is 1. The van der Waals surface area contributed by atoms with E-state index >= 15 is 0 Å². The van der Waals surface area contributed by atoms with Gasteiger partial charge in [0.05, 0.1) is 5.02 Å². The maximum absolute atomic E-state index is 13.4. The third-order valence-electron chi connectivity index (χ3n) is 3.46. The monoisotopic (exact) mass is 304 g/mol. The highest BCUT2D eigenvalue weighted by Crippen LogP contribution is 2.26. The number of nitrogen functional groups attached to an aromatic ring is 1. The summed E-state index contributed by atoms with van der Waals surface area (Å²) in [7, 11) is 0. The lowest BCUT2D eigenvalue weighted by Crippen LogP contribution is -1.99. The third kappa shape index (κ3) is 2.85. The van der Waals surface area contributed by atoms with Gasteiger partial charge in [-0.2, -0.15) is 0 Å². The average molecular weight is 305 g/mol. The molecule has 1 heterocycles. The highest BCUT2D eigenvalue weighted by Gasteiger charge is 2.14. The first-order chi connectivity index (χ1) is 10.0. The predicted octanol–water partition coefficient (Wildman–Crippen LogP) is 4.55. The van der Waals surface area contributed by atoms with Crippen LogP contribution in [-0.4, -0.2) is 4.98 Å². The molecule has 3 nitrogen and oxygen atoms in total. The van der Waals surface area contributed by atoms with Crippen molar-refractivity contribution in [2.24, 2.45) is 0 Å². The molecule has 0 bridgehead atoms. The molecule has 1 atom stereocenters. The zero-order valence-corrected chi connectivity index (χ0v) is 12.2. The molecule has 3 rings (SSSR count). The Hall–Kier alpha value is -2.07. The number of hydrogen-bond donors (Lipinski definition) is 1. The highest BCUT2D eigenvalue weighted by molar-refractivity contribution is 6.31. The molecular formula is C16H14ClFN2O. The number of nitrogens with zero attached hydrogens (tertiary/aromatic N) is 1. The Balaban J connectivity index is 1.85. The van der Waals surface area contributed by atoms with Gasteiger partial charge in [-0.15, -0.1) is 0 Å². The van der Waals surface area contributed by atoms with Crippen molar-refractivity contribution in [2.75, 3.05) is 5.73 Å². The van der Waals surface area contributed by atoms with E-state index in [1.807, 2.05) is 24.3 Å². The Morgan fingerprint density at radius 1 is 1.29 bits per heavy atom. The molecule has 0 radical (unpaired) electrons. The van der Waals surface area contributed by atoms with Crippen LogP contribution in [0.3, 0.4) is 0 Å². The van der Waals surface area contributed by atoms with Crippen LogP contribution < -0.4 is 5.73 Å². The molecule has 2 N–H and O–H groups in total. The van der Waals surface area contributed by atoms with Crippen molar-refractivity contribution in [2.45, 2.75) is 19.3 Å². The zero-order chi connectivity index (χ0) is 15.0. The minimum absolute atomic E-state index is 0.0499. The lowest BCUT2D eigenvalue weighted by atomic mass is 9.98. The van der Waals surface area contributed by atoms with E-state index in [2.05, 4.69) is 11.9 Å². The fourth-order valence-corrected chi connectivity index (χ4v) is 2.42. The molecule has 0 spiro atoms. The van der Waals surface area contributed by atoms with E-state index in [1.165, 1.54) is 12.1 Å². The molecular weight excluding hydrogens is 291 g/mol. The summed E-state index contributed by atoms with van der Waals surface area (Å²) < 4.78 is 19.0. The quantitative estimate of drug-likeness (QED) is 0.722. The van der Waals surface area contributed by atoms with Gasteiger partial charge in [-0.25, -0.2) is 9.37 Å². The van der Waals surface area contributed by atoms with Crippen LogP contribution in [0.4, 0.5) is 10.1 Å². The zero-order valence-electron chi connectivity index (χ0n) is 11.4. The van der Waals surface area contributed by atoms with E-state index in [1.54, 1.807) is 0 Å². The lowest BCUT2D eigenvalue weighted by Gasteiger charge is -2.09. The molecule has 0 amide bonds. The topological polar surface area (TPSA) is 52.0 Å². The van der Waals surface area contributed by atoms with Crippen molar-refractivity contribution in [3.05, 3.63) is 58.7 Å². The van der Waals surface area contributed by atoms with Crippen molar-refractivity contribution < 1.29 is 8.81 Å². The minimum atomic E-state index is -0.501. The minimum Gasteiger partial charge on any atom is -0.441 e. The van der Waals surface area contributed by atoms with Crippen LogP contribution in [0.15, 0.2) is 40.8 Å². The first-order valence-corrected chi connectivity index (χ1v) is 7.00. The highest BCUT2D eigenvalue weighted by atomic mass is 35.5. The Kier molecular flexibility index (Phi) is 3.55. The van der Waals surface area contributed by atoms with Crippen LogP contribution in [0.25, 0.3) is 11.1 Å². The Morgan fingerprint density at radius 3 is 2.71 bits per heavy atom. The number of hydrogen-bond acceptors (Lipinski definition) is 3. The molecule has 0 fully saturated rings. The van der Waals surface area contributed by atoms with E-state index in [9.17, 15) is 4.39 Å². The molecule has 0 aliphatic carbocycles. The maximum atomic E-state index is 13.4. The van der Waals surface area contributed by atoms with Crippen molar-refractivity contribution in [1.29, 1.82) is 0 Å². The molecule has 108 valence electrons. The van der Waals surface area contributed by atoms with E-state index in [4.69, 9.17) is 21.8 Å². The average Bonchev–Trinajstić information content (AvgIpc) is 2.81. The fourth-order valence-electron chi connectivity index (χ4n) is 2.26. The summed E-state index contributed by atoms with van der Waals surface area (Å²) in [6.45, 7) is 2.08. The Morgan fingerprint density at radius 2 is 2.00 bits per heavy atom. The smallest absolute Gasteiger partial charge is 0.196 e. The second-order valence-corrected chi connectivity index (χ2v) is 5.52. The summed E-state index contributed by atoms with van der Waals surface area (Å²) in [6.07, 6.45) is 0.623. The second kappa shape index (κ2) is 5.37. The first kappa shape index (κ1) is 13.9. The molecule has 0 aliphatic rings. The molecule has 1 unspecified atom stereocenters. The number of nitrogens with two attached hydrogens (primary N) is 1. The normalized spacial score (nSPS) is 12.7. The van der Waals surface area contributed by atoms with Gasteiger partial charge in [-0.3, -0.25) is 0 Å². The van der Waals surface area contributed by atoms with Gasteiger partial charge in [0.15, 0.2) is 11.5 Å². The molecule has 0 saturated heterocycles. The molecule has 1 aromatic heterocycles. The third-order valence-corrected chi connectivity index (χ3v) is 3.75. The van der Waals surface area contributed by atoms with Crippen LogP contribution in [-0.2, 0) is 6.42 Å². The number of rotatable bonds is 3. The van der Waals surface area contributed by atoms with Crippen LogP contribution in [0.2, 0.25) is 5.02 Å². The van der Waals surface area contributed by atoms with Crippen LogP contribution >= 0.6 is 11.6 Å². The summed E-state index contributed by atoms with van der Waals surface area (Å²) in [6, 6.07) is 10.5. The van der Waals surface area contributed by atoms with Crippen molar-refractivity contribution in [3.8, 4) is 0 Å². The van der Waals surface area contributed by atoms with E-state index < -0.39 is 5.82 Å². The second-order valence-electron chi connectivity index (χ2n) is 5.11. The Bertz CT molecular complexity index is 744. The van der Waals surface area contributed by atoms with Crippen LogP contribution in [0, 0.1) is 5.82 Å². The first-order valence-electron chi connectivity index (χ1n) is 6.63. The standard InChI is InChI=1S/C16H14ClFN2O/c1-9(10-2-4-11(19)5-3-10)6-16-20-14-7-12(17)13(18)8-15(14)21-16/h2-5,7-9H,6,19H2,1H3. The van der Waals surface area contributed by atoms with Gasteiger partial charge in [0.1, 0.15) is 11.3 Å².